The van der Waals surface area contributed by atoms with E-state index in [4.69, 9.17) is 0 Å². The van der Waals surface area contributed by atoms with Crippen molar-refractivity contribution in [3.63, 3.8) is 0 Å². The molecule has 0 atom stereocenters. The van der Waals surface area contributed by atoms with Gasteiger partial charge in [0.15, 0.2) is 0 Å². The first-order chi connectivity index (χ1) is 7.96. The lowest BCUT2D eigenvalue weighted by molar-refractivity contribution is 0.0764. The molecule has 0 saturated heterocycles. The van der Waals surface area contributed by atoms with E-state index in [0.717, 1.165) is 6.42 Å². The Labute approximate surface area is 125 Å². The lowest BCUT2D eigenvalue weighted by Crippen LogP contribution is -2.82. The molecule has 0 spiro atoms. The molecule has 5 heteroatoms. The van der Waals surface area contributed by atoms with Crippen LogP contribution < -0.4 is 0 Å². The maximum absolute atomic E-state index is 10.2. The summed E-state index contributed by atoms with van der Waals surface area (Å²) in [6, 6.07) is 1.37. The van der Waals surface area contributed by atoms with Gasteiger partial charge in [-0.15, -0.1) is 0 Å². The van der Waals surface area contributed by atoms with E-state index in [9.17, 15) is 5.11 Å². The van der Waals surface area contributed by atoms with Crippen LogP contribution in [-0.4, -0.2) is 40.1 Å². The lowest BCUT2D eigenvalue weighted by atomic mass is 10.1. The van der Waals surface area contributed by atoms with Crippen LogP contribution >= 0.6 is 0 Å². The molecule has 0 saturated carbocycles. The van der Waals surface area contributed by atoms with Gasteiger partial charge in [-0.25, -0.2) is 0 Å². The molecule has 19 heavy (non-hydrogen) atoms. The first-order valence-electron chi connectivity index (χ1n) is 7.68. The third-order valence-corrected chi connectivity index (χ3v) is 79.4. The van der Waals surface area contributed by atoms with Gasteiger partial charge in [0.05, 0.1) is 5.60 Å². The van der Waals surface area contributed by atoms with Crippen molar-refractivity contribution < 1.29 is 5.11 Å². The number of aliphatic hydroxyl groups is 1. The maximum Gasteiger partial charge on any atom is 0.0588 e. The summed E-state index contributed by atoms with van der Waals surface area (Å²) in [4.78, 5) is 0. The van der Waals surface area contributed by atoms with Crippen molar-refractivity contribution >= 4 is 29.4 Å². The summed E-state index contributed by atoms with van der Waals surface area (Å²) >= 11 is 0. The SMILES string of the molecule is CC(C)(O)CC[Si]([Si](C)(C)C)([Si](C)(C)C)[Si](C)(C)C. The van der Waals surface area contributed by atoms with Gasteiger partial charge >= 0.3 is 0 Å². The largest absolute Gasteiger partial charge is 0.390 e. The van der Waals surface area contributed by atoms with Gasteiger partial charge in [0.1, 0.15) is 0 Å². The van der Waals surface area contributed by atoms with E-state index in [-0.39, 0.29) is 0 Å². The van der Waals surface area contributed by atoms with E-state index in [0.29, 0.717) is 0 Å². The smallest absolute Gasteiger partial charge is 0.0588 e. The van der Waals surface area contributed by atoms with Crippen molar-refractivity contribution in [2.75, 3.05) is 0 Å². The van der Waals surface area contributed by atoms with Crippen LogP contribution in [0, 0.1) is 0 Å². The van der Waals surface area contributed by atoms with Gasteiger partial charge in [-0.1, -0.05) is 65.0 Å². The van der Waals surface area contributed by atoms with Gasteiger partial charge in [-0.05, 0) is 20.3 Å². The fourth-order valence-corrected chi connectivity index (χ4v) is 104. The standard InChI is InChI=1S/C14H38OSi4/c1-14(2,15)12-13-19(16(3,4)5,17(6,7)8)18(9,10)11/h15H,12-13H2,1-11H3. The zero-order chi connectivity index (χ0) is 15.9. The first-order valence-corrected chi connectivity index (χ1v) is 23.4. The third kappa shape index (κ3) is 4.40. The molecule has 1 nitrogen and oxygen atoms in total. The van der Waals surface area contributed by atoms with Crippen LogP contribution in [0.4, 0.5) is 0 Å². The van der Waals surface area contributed by atoms with Gasteiger partial charge in [-0.3, -0.25) is 0 Å². The Kier molecular flexibility index (Phi) is 5.79. The summed E-state index contributed by atoms with van der Waals surface area (Å²) in [7, 11) is -3.47. The second-order valence-corrected chi connectivity index (χ2v) is 51.5. The molecule has 0 aromatic heterocycles. The molecule has 0 aromatic carbocycles. The Morgan fingerprint density at radius 1 is 0.684 bits per heavy atom. The Balaban J connectivity index is 5.83. The molecule has 0 aliphatic carbocycles. The molecule has 116 valence electrons. The molecule has 0 aliphatic rings. The lowest BCUT2D eigenvalue weighted by Gasteiger charge is -2.58. The number of hydrogen-bond donors (Lipinski definition) is 1. The molecule has 0 aliphatic heterocycles. The van der Waals surface area contributed by atoms with Gasteiger partial charge in [0, 0.05) is 29.4 Å². The van der Waals surface area contributed by atoms with E-state index in [1.54, 1.807) is 0 Å². The summed E-state index contributed by atoms with van der Waals surface area (Å²) in [6.07, 6.45) is 1.01. The molecule has 0 heterocycles. The summed E-state index contributed by atoms with van der Waals surface area (Å²) in [5.41, 5.74) is -0.489. The van der Waals surface area contributed by atoms with E-state index in [2.05, 4.69) is 58.9 Å². The van der Waals surface area contributed by atoms with Crippen LogP contribution in [0.5, 0.6) is 0 Å². The monoisotopic (exact) mass is 334 g/mol. The minimum absolute atomic E-state index is 0.489. The van der Waals surface area contributed by atoms with E-state index >= 15 is 0 Å². The normalized spacial score (nSPS) is 15.8. The Morgan fingerprint density at radius 3 is 1.11 bits per heavy atom. The average molecular weight is 335 g/mol. The Hall–Kier alpha value is 0.828. The third-order valence-electron chi connectivity index (χ3n) is 4.95. The van der Waals surface area contributed by atoms with Crippen molar-refractivity contribution in [3.05, 3.63) is 0 Å². The highest BCUT2D eigenvalue weighted by molar-refractivity contribution is 7.89. The van der Waals surface area contributed by atoms with E-state index < -0.39 is 35.0 Å². The van der Waals surface area contributed by atoms with Crippen LogP contribution in [0.15, 0.2) is 0 Å². The zero-order valence-corrected chi connectivity index (χ0v) is 19.4. The predicted molar refractivity (Wildman–Crippen MR) is 102 cm³/mol. The van der Waals surface area contributed by atoms with Gasteiger partial charge in [0.2, 0.25) is 0 Å². The van der Waals surface area contributed by atoms with E-state index in [1.807, 2.05) is 13.8 Å². The zero-order valence-electron chi connectivity index (χ0n) is 15.4. The highest BCUT2D eigenvalue weighted by Crippen LogP contribution is 2.41. The molecule has 0 radical (unpaired) electrons. The van der Waals surface area contributed by atoms with Crippen molar-refractivity contribution in [1.82, 2.24) is 0 Å². The van der Waals surface area contributed by atoms with Crippen molar-refractivity contribution in [2.24, 2.45) is 0 Å². The molecule has 0 amide bonds. The second kappa shape index (κ2) is 5.55. The minimum Gasteiger partial charge on any atom is -0.390 e. The molecular formula is C14H38OSi4. The first kappa shape index (κ1) is 19.8. The van der Waals surface area contributed by atoms with Gasteiger partial charge in [-0.2, -0.15) is 0 Å². The molecule has 0 unspecified atom stereocenters. The van der Waals surface area contributed by atoms with Crippen molar-refractivity contribution in [1.29, 1.82) is 0 Å². The van der Waals surface area contributed by atoms with Crippen molar-refractivity contribution in [3.8, 4) is 0 Å². The number of hydrogen-bond acceptors (Lipinski definition) is 1. The maximum atomic E-state index is 10.2. The molecule has 1 N–H and O–H groups in total. The van der Waals surface area contributed by atoms with Crippen LogP contribution in [0.3, 0.4) is 0 Å². The van der Waals surface area contributed by atoms with Crippen molar-refractivity contribution in [2.45, 2.75) is 90.8 Å². The highest BCUT2D eigenvalue weighted by Gasteiger charge is 2.60. The highest BCUT2D eigenvalue weighted by atomic mass is 29.9. The van der Waals surface area contributed by atoms with Crippen LogP contribution in [-0.2, 0) is 0 Å². The fraction of sp³-hybridized carbons (Fsp3) is 1.00. The Morgan fingerprint density at radius 2 is 0.947 bits per heavy atom. The molecular weight excluding hydrogens is 296 g/mol. The summed E-state index contributed by atoms with van der Waals surface area (Å²) < 4.78 is 0. The quantitative estimate of drug-likeness (QED) is 0.689. The molecule has 0 bridgehead atoms. The fourth-order valence-electron chi connectivity index (χ4n) is 4.99. The Bertz CT molecular complexity index is 263. The summed E-state index contributed by atoms with van der Waals surface area (Å²) in [6.45, 7) is 26.4. The second-order valence-electron chi connectivity index (χ2n) is 9.97. The molecule has 0 rings (SSSR count). The topological polar surface area (TPSA) is 20.2 Å². The van der Waals surface area contributed by atoms with Crippen LogP contribution in [0.1, 0.15) is 20.3 Å². The molecule has 0 fully saturated rings. The van der Waals surface area contributed by atoms with Gasteiger partial charge < -0.3 is 5.11 Å². The van der Waals surface area contributed by atoms with Gasteiger partial charge in [0.25, 0.3) is 0 Å². The van der Waals surface area contributed by atoms with Crippen LogP contribution in [0.25, 0.3) is 0 Å². The van der Waals surface area contributed by atoms with E-state index in [1.165, 1.54) is 6.04 Å². The van der Waals surface area contributed by atoms with Crippen LogP contribution in [0.2, 0.25) is 65.0 Å². The predicted octanol–water partition coefficient (Wildman–Crippen LogP) is 4.85. The number of rotatable bonds is 6. The average Bonchev–Trinajstić information content (AvgIpc) is 1.92. The molecule has 0 aromatic rings. The summed E-state index contributed by atoms with van der Waals surface area (Å²) in [5, 5.41) is 10.2. The summed E-state index contributed by atoms with van der Waals surface area (Å²) in [5.74, 6) is 0. The minimum atomic E-state index is -1.25.